The second-order valence-corrected chi connectivity index (χ2v) is 14.1. The molecular formula is C21H30F6O2Si. The molecule has 2 aliphatic carbocycles. The van der Waals surface area contributed by atoms with E-state index in [0.717, 1.165) is 24.5 Å². The van der Waals surface area contributed by atoms with Gasteiger partial charge in [0.2, 0.25) is 0 Å². The maximum atomic E-state index is 13.6. The Hall–Kier alpha value is -1.09. The third kappa shape index (κ3) is 4.71. The molecule has 0 aliphatic heterocycles. The van der Waals surface area contributed by atoms with E-state index in [1.54, 1.807) is 6.92 Å². The lowest BCUT2D eigenvalue weighted by atomic mass is 9.63. The molecule has 1 unspecified atom stereocenters. The summed E-state index contributed by atoms with van der Waals surface area (Å²) in [5, 5.41) is 0. The highest BCUT2D eigenvalue weighted by atomic mass is 28.4. The average Bonchev–Trinajstić information content (AvgIpc) is 2.89. The molecule has 1 saturated carbocycles. The highest BCUT2D eigenvalue weighted by molar-refractivity contribution is 6.69. The first-order valence-electron chi connectivity index (χ1n) is 10.2. The number of Topliss-reactive ketones (excluding diaryl/α,β-unsaturated/α-hetero) is 1. The molecule has 30 heavy (non-hydrogen) atoms. The van der Waals surface area contributed by atoms with Gasteiger partial charge in [0.25, 0.3) is 5.60 Å². The zero-order valence-corrected chi connectivity index (χ0v) is 19.0. The smallest absolute Gasteiger partial charge is 0.394 e. The largest absolute Gasteiger partial charge is 0.429 e. The van der Waals surface area contributed by atoms with Gasteiger partial charge >= 0.3 is 12.4 Å². The summed E-state index contributed by atoms with van der Waals surface area (Å²) < 4.78 is 86.5. The van der Waals surface area contributed by atoms with Crippen molar-refractivity contribution in [2.24, 2.45) is 17.3 Å². The van der Waals surface area contributed by atoms with Crippen molar-refractivity contribution in [1.82, 2.24) is 0 Å². The number of rotatable bonds is 6. The van der Waals surface area contributed by atoms with Gasteiger partial charge in [0.05, 0.1) is 0 Å². The molecule has 2 rings (SSSR count). The van der Waals surface area contributed by atoms with Gasteiger partial charge < -0.3 is 4.43 Å². The molecule has 0 saturated heterocycles. The molecule has 1 fully saturated rings. The van der Waals surface area contributed by atoms with Gasteiger partial charge in [-0.2, -0.15) is 26.3 Å². The van der Waals surface area contributed by atoms with E-state index in [0.29, 0.717) is 12.8 Å². The molecular weight excluding hydrogens is 426 g/mol. The van der Waals surface area contributed by atoms with Crippen LogP contribution in [0.15, 0.2) is 23.8 Å². The fourth-order valence-electron chi connectivity index (χ4n) is 4.86. The molecule has 3 atom stereocenters. The van der Waals surface area contributed by atoms with Crippen molar-refractivity contribution in [3.05, 3.63) is 23.8 Å². The lowest BCUT2D eigenvalue weighted by Crippen LogP contribution is -2.61. The van der Waals surface area contributed by atoms with Crippen LogP contribution in [0.25, 0.3) is 0 Å². The Bertz CT molecular complexity index is 702. The van der Waals surface area contributed by atoms with Crippen molar-refractivity contribution in [2.75, 3.05) is 0 Å². The van der Waals surface area contributed by atoms with Crippen LogP contribution in [0.3, 0.4) is 0 Å². The van der Waals surface area contributed by atoms with E-state index in [2.05, 4.69) is 0 Å². The van der Waals surface area contributed by atoms with Crippen LogP contribution >= 0.6 is 0 Å². The Kier molecular flexibility index (Phi) is 6.81. The van der Waals surface area contributed by atoms with Crippen LogP contribution in [-0.4, -0.2) is 32.1 Å². The number of halogens is 6. The van der Waals surface area contributed by atoms with Gasteiger partial charge in [0, 0.05) is 12.3 Å². The molecule has 0 aromatic rings. The van der Waals surface area contributed by atoms with Crippen molar-refractivity contribution < 1.29 is 35.6 Å². The van der Waals surface area contributed by atoms with Crippen LogP contribution in [0, 0.1) is 17.3 Å². The summed E-state index contributed by atoms with van der Waals surface area (Å²) >= 11 is 0. The maximum Gasteiger partial charge on any atom is 0.429 e. The molecule has 0 heterocycles. The number of carbonyl (C=O) groups is 1. The highest BCUT2D eigenvalue weighted by Gasteiger charge is 2.71. The molecule has 0 radical (unpaired) electrons. The van der Waals surface area contributed by atoms with Gasteiger partial charge in [-0.05, 0) is 62.7 Å². The Labute approximate surface area is 174 Å². The molecule has 0 amide bonds. The topological polar surface area (TPSA) is 26.3 Å². The Morgan fingerprint density at radius 2 is 1.77 bits per heavy atom. The van der Waals surface area contributed by atoms with Gasteiger partial charge in [-0.1, -0.05) is 31.6 Å². The number of fused-ring (bicyclic) bond motifs is 1. The normalized spacial score (nSPS) is 27.4. The summed E-state index contributed by atoms with van der Waals surface area (Å²) in [6.07, 6.45) is -5.56. The first-order chi connectivity index (χ1) is 13.4. The van der Waals surface area contributed by atoms with Crippen LogP contribution < -0.4 is 0 Å². The summed E-state index contributed by atoms with van der Waals surface area (Å²) in [6.45, 7) is 7.64. The number of ketones is 1. The number of hydrogen-bond donors (Lipinski definition) is 0. The Morgan fingerprint density at radius 3 is 2.27 bits per heavy atom. The van der Waals surface area contributed by atoms with E-state index < -0.39 is 26.3 Å². The zero-order chi connectivity index (χ0) is 23.2. The predicted molar refractivity (Wildman–Crippen MR) is 105 cm³/mol. The summed E-state index contributed by atoms with van der Waals surface area (Å²) in [7, 11) is -3.20. The molecule has 0 bridgehead atoms. The number of allylic oxidation sites excluding steroid dienone is 3. The molecule has 0 aromatic carbocycles. The molecule has 2 nitrogen and oxygen atoms in total. The first-order valence-corrected chi connectivity index (χ1v) is 13.6. The van der Waals surface area contributed by atoms with Crippen LogP contribution in [0.2, 0.25) is 19.6 Å². The number of alkyl halides is 6. The van der Waals surface area contributed by atoms with E-state index in [1.165, 1.54) is 19.6 Å². The van der Waals surface area contributed by atoms with Crippen molar-refractivity contribution in [3.63, 3.8) is 0 Å². The SMILES string of the molecule is C[C@H](CC=CC(O[Si](C)(C)C)(C(F)(F)F)C(F)(F)F)C1=CCC2C(=O)CCC[C@]12C. The molecule has 9 heteroatoms. The fraction of sp³-hybridized carbons (Fsp3) is 0.762. The van der Waals surface area contributed by atoms with Crippen LogP contribution in [-0.2, 0) is 9.22 Å². The van der Waals surface area contributed by atoms with Gasteiger partial charge in [-0.15, -0.1) is 0 Å². The number of hydrogen-bond acceptors (Lipinski definition) is 2. The van der Waals surface area contributed by atoms with Gasteiger partial charge in [-0.3, -0.25) is 4.79 Å². The minimum Gasteiger partial charge on any atom is -0.394 e. The molecule has 172 valence electrons. The average molecular weight is 457 g/mol. The minimum atomic E-state index is -5.63. The van der Waals surface area contributed by atoms with Gasteiger partial charge in [0.15, 0.2) is 8.32 Å². The van der Waals surface area contributed by atoms with E-state index in [-0.39, 0.29) is 35.5 Å². The summed E-state index contributed by atoms with van der Waals surface area (Å²) in [5.74, 6) is -0.213. The van der Waals surface area contributed by atoms with Crippen molar-refractivity contribution in [2.45, 2.75) is 83.5 Å². The number of carbonyl (C=O) groups excluding carboxylic acids is 1. The predicted octanol–water partition coefficient (Wildman–Crippen LogP) is 6.99. The van der Waals surface area contributed by atoms with Crippen LogP contribution in [0.1, 0.15) is 46.0 Å². The summed E-state index contributed by atoms with van der Waals surface area (Å²) in [6, 6.07) is 0. The van der Waals surface area contributed by atoms with Crippen LogP contribution in [0.4, 0.5) is 26.3 Å². The second kappa shape index (κ2) is 8.11. The second-order valence-electron chi connectivity index (χ2n) is 9.67. The maximum absolute atomic E-state index is 13.6. The monoisotopic (exact) mass is 456 g/mol. The Balaban J connectivity index is 2.28. The summed E-state index contributed by atoms with van der Waals surface area (Å²) in [4.78, 5) is 12.2. The highest BCUT2D eigenvalue weighted by Crippen LogP contribution is 2.54. The standard InChI is InChI=1S/C21H30F6O2Si/c1-14(15-10-11-16-17(28)9-7-12-18(15,16)2)8-6-13-19(20(22,23)24,21(25,26)27)29-30(3,4)5/h6,10,13-14,16H,7-9,11-12H2,1-5H3/t14-,16?,18-/m1/s1. The fourth-order valence-corrected chi connectivity index (χ4v) is 6.13. The van der Waals surface area contributed by atoms with Gasteiger partial charge in [-0.25, -0.2) is 0 Å². The lowest BCUT2D eigenvalue weighted by molar-refractivity contribution is -0.340. The van der Waals surface area contributed by atoms with E-state index in [4.69, 9.17) is 4.43 Å². The van der Waals surface area contributed by atoms with E-state index in [9.17, 15) is 31.1 Å². The molecule has 2 aliphatic rings. The van der Waals surface area contributed by atoms with Crippen LogP contribution in [0.5, 0.6) is 0 Å². The zero-order valence-electron chi connectivity index (χ0n) is 18.0. The van der Waals surface area contributed by atoms with Crippen molar-refractivity contribution in [1.29, 1.82) is 0 Å². The van der Waals surface area contributed by atoms with E-state index in [1.807, 2.05) is 13.0 Å². The van der Waals surface area contributed by atoms with Gasteiger partial charge in [0.1, 0.15) is 5.78 Å². The lowest BCUT2D eigenvalue weighted by Gasteiger charge is -2.40. The molecule has 0 aromatic heterocycles. The van der Waals surface area contributed by atoms with E-state index >= 15 is 0 Å². The third-order valence-corrected chi connectivity index (χ3v) is 7.13. The minimum absolute atomic E-state index is 0.00526. The third-order valence-electron chi connectivity index (χ3n) is 6.19. The van der Waals surface area contributed by atoms with Crippen molar-refractivity contribution in [3.8, 4) is 0 Å². The molecule has 0 N–H and O–H groups in total. The summed E-state index contributed by atoms with van der Waals surface area (Å²) in [5.41, 5.74) is -3.72. The first kappa shape index (κ1) is 25.2. The quantitative estimate of drug-likeness (QED) is 0.245. The molecule has 0 spiro atoms. The Morgan fingerprint density at radius 1 is 1.20 bits per heavy atom. The van der Waals surface area contributed by atoms with Crippen molar-refractivity contribution >= 4 is 14.1 Å².